The van der Waals surface area contributed by atoms with Gasteiger partial charge in [0.15, 0.2) is 0 Å². The molecule has 4 N–H and O–H groups in total. The molecule has 12 heavy (non-hydrogen) atoms. The summed E-state index contributed by atoms with van der Waals surface area (Å²) in [7, 11) is 0. The summed E-state index contributed by atoms with van der Waals surface area (Å²) < 4.78 is 0. The number of primary amides is 1. The summed E-state index contributed by atoms with van der Waals surface area (Å²) in [5.41, 5.74) is 12.4. The van der Waals surface area contributed by atoms with Gasteiger partial charge >= 0.3 is 0 Å². The lowest BCUT2D eigenvalue weighted by Crippen LogP contribution is -2.13. The number of carbonyl (C=O) groups excluding carboxylic acids is 1. The highest BCUT2D eigenvalue weighted by Crippen LogP contribution is 2.03. The average Bonchev–Trinajstić information content (AvgIpc) is 2.05. The van der Waals surface area contributed by atoms with Crippen LogP contribution in [0.4, 0.5) is 0 Å². The van der Waals surface area contributed by atoms with Crippen LogP contribution in [0.3, 0.4) is 0 Å². The molecule has 0 radical (unpaired) electrons. The highest BCUT2D eigenvalue weighted by Gasteiger charge is 1.97. The van der Waals surface area contributed by atoms with Crippen LogP contribution in [0.1, 0.15) is 11.1 Å². The third kappa shape index (κ3) is 2.36. The topological polar surface area (TPSA) is 69.1 Å². The molecule has 0 spiro atoms. The highest BCUT2D eigenvalue weighted by atomic mass is 16.1. The number of hydrogen-bond donors (Lipinski definition) is 2. The van der Waals surface area contributed by atoms with Crippen LogP contribution in [-0.4, -0.2) is 5.91 Å². The maximum absolute atomic E-state index is 10.5. The van der Waals surface area contributed by atoms with Crippen molar-refractivity contribution in [3.05, 3.63) is 35.4 Å². The summed E-state index contributed by atoms with van der Waals surface area (Å²) in [5, 5.41) is 0. The molecular formula is C9H12N2O. The van der Waals surface area contributed by atoms with Gasteiger partial charge in [-0.2, -0.15) is 0 Å². The van der Waals surface area contributed by atoms with E-state index in [2.05, 4.69) is 0 Å². The van der Waals surface area contributed by atoms with Crippen molar-refractivity contribution in [2.24, 2.45) is 11.5 Å². The van der Waals surface area contributed by atoms with Gasteiger partial charge in [0.1, 0.15) is 0 Å². The SMILES string of the molecule is NCc1ccc(CC(N)=O)cc1. The third-order valence-corrected chi connectivity index (χ3v) is 1.64. The van der Waals surface area contributed by atoms with Crippen LogP contribution >= 0.6 is 0 Å². The molecule has 0 saturated carbocycles. The van der Waals surface area contributed by atoms with Crippen molar-refractivity contribution in [2.45, 2.75) is 13.0 Å². The predicted molar refractivity (Wildman–Crippen MR) is 47.2 cm³/mol. The van der Waals surface area contributed by atoms with Gasteiger partial charge in [-0.3, -0.25) is 4.79 Å². The van der Waals surface area contributed by atoms with E-state index in [9.17, 15) is 4.79 Å². The van der Waals surface area contributed by atoms with Crippen molar-refractivity contribution in [1.29, 1.82) is 0 Å². The smallest absolute Gasteiger partial charge is 0.221 e. The Kier molecular flexibility index (Phi) is 2.82. The lowest BCUT2D eigenvalue weighted by Gasteiger charge is -1.99. The van der Waals surface area contributed by atoms with Gasteiger partial charge in [0, 0.05) is 6.54 Å². The van der Waals surface area contributed by atoms with E-state index in [1.54, 1.807) is 0 Å². The maximum atomic E-state index is 10.5. The molecule has 0 aliphatic carbocycles. The Labute approximate surface area is 71.4 Å². The van der Waals surface area contributed by atoms with E-state index in [1.165, 1.54) is 0 Å². The van der Waals surface area contributed by atoms with Gasteiger partial charge in [-0.15, -0.1) is 0 Å². The minimum absolute atomic E-state index is 0.296. The van der Waals surface area contributed by atoms with Crippen LogP contribution in [0.5, 0.6) is 0 Å². The van der Waals surface area contributed by atoms with E-state index in [1.807, 2.05) is 24.3 Å². The number of benzene rings is 1. The second-order valence-electron chi connectivity index (χ2n) is 2.66. The summed E-state index contributed by atoms with van der Waals surface area (Å²) >= 11 is 0. The molecule has 1 rings (SSSR count). The van der Waals surface area contributed by atoms with Gasteiger partial charge in [-0.25, -0.2) is 0 Å². The van der Waals surface area contributed by atoms with E-state index in [0.717, 1.165) is 11.1 Å². The minimum atomic E-state index is -0.310. The zero-order valence-corrected chi connectivity index (χ0v) is 6.79. The van der Waals surface area contributed by atoms with Gasteiger partial charge in [-0.1, -0.05) is 24.3 Å². The zero-order chi connectivity index (χ0) is 8.97. The molecule has 0 aliphatic rings. The van der Waals surface area contributed by atoms with Gasteiger partial charge in [0.25, 0.3) is 0 Å². The molecule has 0 aliphatic heterocycles. The quantitative estimate of drug-likeness (QED) is 0.668. The molecule has 0 heterocycles. The number of nitrogens with two attached hydrogens (primary N) is 2. The number of hydrogen-bond acceptors (Lipinski definition) is 2. The van der Waals surface area contributed by atoms with Crippen LogP contribution in [-0.2, 0) is 17.8 Å². The third-order valence-electron chi connectivity index (χ3n) is 1.64. The van der Waals surface area contributed by atoms with Crippen LogP contribution in [0, 0.1) is 0 Å². The van der Waals surface area contributed by atoms with Crippen molar-refractivity contribution in [1.82, 2.24) is 0 Å². The van der Waals surface area contributed by atoms with E-state index >= 15 is 0 Å². The molecule has 1 aromatic carbocycles. The number of rotatable bonds is 3. The molecule has 1 amide bonds. The minimum Gasteiger partial charge on any atom is -0.369 e. The van der Waals surface area contributed by atoms with E-state index in [4.69, 9.17) is 11.5 Å². The average molecular weight is 164 g/mol. The lowest BCUT2D eigenvalue weighted by atomic mass is 10.1. The maximum Gasteiger partial charge on any atom is 0.221 e. The Morgan fingerprint density at radius 3 is 2.08 bits per heavy atom. The molecule has 0 saturated heterocycles. The van der Waals surface area contributed by atoms with Gasteiger partial charge < -0.3 is 11.5 Å². The fourth-order valence-corrected chi connectivity index (χ4v) is 0.994. The van der Waals surface area contributed by atoms with Crippen molar-refractivity contribution in [3.63, 3.8) is 0 Å². The first kappa shape index (κ1) is 8.74. The van der Waals surface area contributed by atoms with Crippen LogP contribution in [0.15, 0.2) is 24.3 Å². The van der Waals surface area contributed by atoms with Crippen molar-refractivity contribution >= 4 is 5.91 Å². The summed E-state index contributed by atoms with van der Waals surface area (Å²) in [6.07, 6.45) is 0.296. The molecular weight excluding hydrogens is 152 g/mol. The van der Waals surface area contributed by atoms with Gasteiger partial charge in [0.2, 0.25) is 5.91 Å². The molecule has 0 unspecified atom stereocenters. The summed E-state index contributed by atoms with van der Waals surface area (Å²) in [4.78, 5) is 10.5. The zero-order valence-electron chi connectivity index (χ0n) is 6.79. The molecule has 3 heteroatoms. The van der Waals surface area contributed by atoms with Gasteiger partial charge in [0.05, 0.1) is 6.42 Å². The van der Waals surface area contributed by atoms with Crippen LogP contribution in [0.2, 0.25) is 0 Å². The highest BCUT2D eigenvalue weighted by molar-refractivity contribution is 5.76. The molecule has 1 aromatic rings. The summed E-state index contributed by atoms with van der Waals surface area (Å²) in [5.74, 6) is -0.310. The molecule has 64 valence electrons. The standard InChI is InChI=1S/C9H12N2O/c10-6-8-3-1-7(2-4-8)5-9(11)12/h1-4H,5-6,10H2,(H2,11,12). The Morgan fingerprint density at radius 1 is 1.17 bits per heavy atom. The Bertz CT molecular complexity index is 266. The van der Waals surface area contributed by atoms with Crippen LogP contribution in [0.25, 0.3) is 0 Å². The number of carbonyl (C=O) groups is 1. The predicted octanol–water partition coefficient (Wildman–Crippen LogP) is 0.173. The normalized spacial score (nSPS) is 9.75. The van der Waals surface area contributed by atoms with Crippen molar-refractivity contribution < 1.29 is 4.79 Å². The van der Waals surface area contributed by atoms with Crippen LogP contribution < -0.4 is 11.5 Å². The second-order valence-corrected chi connectivity index (χ2v) is 2.66. The molecule has 0 fully saturated rings. The largest absolute Gasteiger partial charge is 0.369 e. The van der Waals surface area contributed by atoms with E-state index in [0.29, 0.717) is 13.0 Å². The first-order valence-corrected chi connectivity index (χ1v) is 3.78. The Morgan fingerprint density at radius 2 is 1.67 bits per heavy atom. The first-order chi connectivity index (χ1) is 5.72. The second kappa shape index (κ2) is 3.88. The number of amides is 1. The fraction of sp³-hybridized carbons (Fsp3) is 0.222. The van der Waals surface area contributed by atoms with Crippen molar-refractivity contribution in [3.8, 4) is 0 Å². The molecule has 0 bridgehead atoms. The van der Waals surface area contributed by atoms with E-state index < -0.39 is 0 Å². The molecule has 0 aromatic heterocycles. The Hall–Kier alpha value is -1.35. The van der Waals surface area contributed by atoms with E-state index in [-0.39, 0.29) is 5.91 Å². The fourth-order valence-electron chi connectivity index (χ4n) is 0.994. The molecule has 0 atom stereocenters. The monoisotopic (exact) mass is 164 g/mol. The molecule has 3 nitrogen and oxygen atoms in total. The summed E-state index contributed by atoms with van der Waals surface area (Å²) in [6.45, 7) is 0.525. The first-order valence-electron chi connectivity index (χ1n) is 3.78. The van der Waals surface area contributed by atoms with Gasteiger partial charge in [-0.05, 0) is 11.1 Å². The summed E-state index contributed by atoms with van der Waals surface area (Å²) in [6, 6.07) is 7.54. The van der Waals surface area contributed by atoms with Crippen molar-refractivity contribution in [2.75, 3.05) is 0 Å². The Balaban J connectivity index is 2.71. The lowest BCUT2D eigenvalue weighted by molar-refractivity contribution is -0.117.